The van der Waals surface area contributed by atoms with Crippen LogP contribution in [0.3, 0.4) is 0 Å². The Balaban J connectivity index is 1.38. The maximum Gasteiger partial charge on any atom is 0.310 e. The molecule has 0 aromatic heterocycles. The van der Waals surface area contributed by atoms with E-state index in [0.717, 1.165) is 25.4 Å². The van der Waals surface area contributed by atoms with Crippen LogP contribution >= 0.6 is 11.6 Å². The van der Waals surface area contributed by atoms with Gasteiger partial charge in [0.05, 0.1) is 4.92 Å². The monoisotopic (exact) mass is 419 g/mol. The molecule has 1 saturated heterocycles. The molecule has 0 aliphatic carbocycles. The molecule has 3 rings (SSSR count). The van der Waals surface area contributed by atoms with Crippen LogP contribution < -0.4 is 9.47 Å². The molecule has 0 radical (unpaired) electrons. The Morgan fingerprint density at radius 3 is 2.41 bits per heavy atom. The van der Waals surface area contributed by atoms with Crippen molar-refractivity contribution in [2.24, 2.45) is 0 Å². The number of hydrogen-bond donors (Lipinski definition) is 0. The first-order chi connectivity index (χ1) is 14.0. The van der Waals surface area contributed by atoms with Gasteiger partial charge in [-0.3, -0.25) is 19.8 Å². The van der Waals surface area contributed by atoms with Crippen LogP contribution in [0.15, 0.2) is 48.5 Å². The lowest BCUT2D eigenvalue weighted by atomic mass is 10.3. The van der Waals surface area contributed by atoms with Crippen LogP contribution in [0.2, 0.25) is 5.02 Å². The fourth-order valence-corrected chi connectivity index (χ4v) is 3.13. The molecule has 2 aromatic rings. The van der Waals surface area contributed by atoms with Crippen molar-refractivity contribution in [2.45, 2.75) is 0 Å². The van der Waals surface area contributed by atoms with Crippen molar-refractivity contribution in [3.05, 3.63) is 63.7 Å². The highest BCUT2D eigenvalue weighted by Gasteiger charge is 2.22. The lowest BCUT2D eigenvalue weighted by molar-refractivity contribution is -0.385. The minimum Gasteiger partial charge on any atom is -0.492 e. The Bertz CT molecular complexity index is 838. The van der Waals surface area contributed by atoms with Crippen LogP contribution in [-0.4, -0.2) is 66.6 Å². The van der Waals surface area contributed by atoms with Crippen molar-refractivity contribution < 1.29 is 19.2 Å². The van der Waals surface area contributed by atoms with Crippen LogP contribution in [0.25, 0.3) is 0 Å². The molecule has 0 saturated carbocycles. The topological polar surface area (TPSA) is 85.1 Å². The van der Waals surface area contributed by atoms with E-state index in [0.29, 0.717) is 24.7 Å². The first-order valence-corrected chi connectivity index (χ1v) is 9.65. The number of nitrogens with zero attached hydrogens (tertiary/aromatic N) is 3. The lowest BCUT2D eigenvalue weighted by Crippen LogP contribution is -2.50. The first kappa shape index (κ1) is 20.9. The van der Waals surface area contributed by atoms with E-state index in [1.165, 1.54) is 12.1 Å². The van der Waals surface area contributed by atoms with Crippen LogP contribution in [0, 0.1) is 10.1 Å². The molecule has 1 fully saturated rings. The summed E-state index contributed by atoms with van der Waals surface area (Å²) in [6.07, 6.45) is 0. The molecule has 0 atom stereocenters. The van der Waals surface area contributed by atoms with Gasteiger partial charge in [0.25, 0.3) is 5.91 Å². The zero-order valence-electron chi connectivity index (χ0n) is 15.8. The van der Waals surface area contributed by atoms with Gasteiger partial charge < -0.3 is 14.4 Å². The molecule has 0 bridgehead atoms. The summed E-state index contributed by atoms with van der Waals surface area (Å²) in [5.41, 5.74) is -0.147. The van der Waals surface area contributed by atoms with Crippen molar-refractivity contribution in [3.8, 4) is 11.5 Å². The van der Waals surface area contributed by atoms with E-state index in [9.17, 15) is 14.9 Å². The highest BCUT2D eigenvalue weighted by molar-refractivity contribution is 6.30. The Kier molecular flexibility index (Phi) is 7.26. The van der Waals surface area contributed by atoms with E-state index < -0.39 is 4.92 Å². The molecular formula is C20H22ClN3O5. The van der Waals surface area contributed by atoms with E-state index >= 15 is 0 Å². The number of carbonyl (C=O) groups is 1. The number of benzene rings is 2. The number of ether oxygens (including phenoxy) is 2. The quantitative estimate of drug-likeness (QED) is 0.483. The molecule has 8 nitrogen and oxygen atoms in total. The summed E-state index contributed by atoms with van der Waals surface area (Å²) in [4.78, 5) is 26.8. The second kappa shape index (κ2) is 10.1. The number of rotatable bonds is 8. The molecule has 9 heteroatoms. The van der Waals surface area contributed by atoms with Gasteiger partial charge in [-0.1, -0.05) is 23.7 Å². The third-order valence-electron chi connectivity index (χ3n) is 4.63. The van der Waals surface area contributed by atoms with Gasteiger partial charge in [-0.15, -0.1) is 0 Å². The zero-order valence-corrected chi connectivity index (χ0v) is 16.6. The second-order valence-electron chi connectivity index (χ2n) is 6.54. The van der Waals surface area contributed by atoms with E-state index in [1.54, 1.807) is 29.2 Å². The lowest BCUT2D eigenvalue weighted by Gasteiger charge is -2.34. The normalized spacial score (nSPS) is 14.4. The summed E-state index contributed by atoms with van der Waals surface area (Å²) < 4.78 is 11.1. The molecular weight excluding hydrogens is 398 g/mol. The molecule has 0 unspecified atom stereocenters. The van der Waals surface area contributed by atoms with Crippen LogP contribution in [0.5, 0.6) is 11.5 Å². The number of nitro groups is 1. The molecule has 29 heavy (non-hydrogen) atoms. The summed E-state index contributed by atoms with van der Waals surface area (Å²) in [6.45, 7) is 3.74. The predicted molar refractivity (Wildman–Crippen MR) is 109 cm³/mol. The van der Waals surface area contributed by atoms with E-state index in [4.69, 9.17) is 21.1 Å². The highest BCUT2D eigenvalue weighted by atomic mass is 35.5. The number of halogens is 1. The fraction of sp³-hybridized carbons (Fsp3) is 0.350. The summed E-state index contributed by atoms with van der Waals surface area (Å²) >= 11 is 5.85. The minimum absolute atomic E-state index is 0.101. The number of amides is 1. The Morgan fingerprint density at radius 1 is 1.03 bits per heavy atom. The average molecular weight is 420 g/mol. The largest absolute Gasteiger partial charge is 0.492 e. The summed E-state index contributed by atoms with van der Waals surface area (Å²) in [5, 5.41) is 11.7. The third-order valence-corrected chi connectivity index (χ3v) is 4.88. The van der Waals surface area contributed by atoms with Crippen LogP contribution in [0.1, 0.15) is 0 Å². The molecule has 2 aromatic carbocycles. The van der Waals surface area contributed by atoms with Gasteiger partial charge in [0.2, 0.25) is 0 Å². The molecule has 0 spiro atoms. The van der Waals surface area contributed by atoms with Gasteiger partial charge in [0.1, 0.15) is 12.4 Å². The zero-order chi connectivity index (χ0) is 20.6. The predicted octanol–water partition coefficient (Wildman–Crippen LogP) is 2.85. The third kappa shape index (κ3) is 6.07. The van der Waals surface area contributed by atoms with Gasteiger partial charge >= 0.3 is 5.69 Å². The number of piperazine rings is 1. The van der Waals surface area contributed by atoms with Gasteiger partial charge in [-0.25, -0.2) is 0 Å². The van der Waals surface area contributed by atoms with Gasteiger partial charge in [-0.2, -0.15) is 0 Å². The van der Waals surface area contributed by atoms with E-state index in [1.807, 2.05) is 12.1 Å². The van der Waals surface area contributed by atoms with Crippen LogP contribution in [0.4, 0.5) is 5.69 Å². The number of hydrogen-bond acceptors (Lipinski definition) is 6. The highest BCUT2D eigenvalue weighted by Crippen LogP contribution is 2.25. The summed E-state index contributed by atoms with van der Waals surface area (Å²) in [5.74, 6) is 0.694. The van der Waals surface area contributed by atoms with Gasteiger partial charge in [-0.05, 0) is 30.3 Å². The molecule has 0 N–H and O–H groups in total. The number of nitro benzene ring substituents is 1. The maximum atomic E-state index is 12.4. The van der Waals surface area contributed by atoms with E-state index in [2.05, 4.69) is 4.90 Å². The van der Waals surface area contributed by atoms with Crippen molar-refractivity contribution in [3.63, 3.8) is 0 Å². The van der Waals surface area contributed by atoms with Gasteiger partial charge in [0, 0.05) is 43.8 Å². The second-order valence-corrected chi connectivity index (χ2v) is 6.97. The molecule has 154 valence electrons. The summed E-state index contributed by atoms with van der Waals surface area (Å²) in [6, 6.07) is 13.3. The smallest absolute Gasteiger partial charge is 0.310 e. The maximum absolute atomic E-state index is 12.4. The van der Waals surface area contributed by atoms with Crippen molar-refractivity contribution in [1.29, 1.82) is 0 Å². The first-order valence-electron chi connectivity index (χ1n) is 9.27. The molecule has 1 heterocycles. The Morgan fingerprint density at radius 2 is 1.72 bits per heavy atom. The molecule has 1 aliphatic rings. The Labute approximate surface area is 173 Å². The van der Waals surface area contributed by atoms with Crippen molar-refractivity contribution in [1.82, 2.24) is 9.80 Å². The average Bonchev–Trinajstić information content (AvgIpc) is 2.74. The standard InChI is InChI=1S/C20H22ClN3O5/c21-16-5-7-17(8-6-16)28-14-13-22-9-11-23(12-10-22)20(25)15-29-19-4-2-1-3-18(19)24(26)27/h1-8H,9-15H2. The minimum atomic E-state index is -0.523. The fourth-order valence-electron chi connectivity index (χ4n) is 3.01. The van der Waals surface area contributed by atoms with Gasteiger partial charge in [0.15, 0.2) is 12.4 Å². The van der Waals surface area contributed by atoms with Crippen molar-refractivity contribution in [2.75, 3.05) is 45.9 Å². The van der Waals surface area contributed by atoms with Crippen LogP contribution in [-0.2, 0) is 4.79 Å². The summed E-state index contributed by atoms with van der Waals surface area (Å²) in [7, 11) is 0. The van der Waals surface area contributed by atoms with E-state index in [-0.39, 0.29) is 24.0 Å². The number of para-hydroxylation sites is 2. The SMILES string of the molecule is O=C(COc1ccccc1[N+](=O)[O-])N1CCN(CCOc2ccc(Cl)cc2)CC1. The van der Waals surface area contributed by atoms with Crippen molar-refractivity contribution >= 4 is 23.2 Å². The molecule has 1 aliphatic heterocycles. The molecule has 1 amide bonds. The number of carbonyl (C=O) groups excluding carboxylic acids is 1. The Hall–Kier alpha value is -2.84.